The molecule has 0 spiro atoms. The molecule has 3 aromatic rings. The second kappa shape index (κ2) is 9.08. The molecule has 146 valence electrons. The topological polar surface area (TPSA) is 58.4 Å². The Labute approximate surface area is 170 Å². The van der Waals surface area contributed by atoms with Crippen LogP contribution in [0.1, 0.15) is 19.4 Å². The predicted octanol–water partition coefficient (Wildman–Crippen LogP) is 4.56. The lowest BCUT2D eigenvalue weighted by Gasteiger charge is -2.20. The van der Waals surface area contributed by atoms with Crippen LogP contribution in [0.5, 0.6) is 0 Å². The zero-order valence-corrected chi connectivity index (χ0v) is 17.2. The predicted molar refractivity (Wildman–Crippen MR) is 114 cm³/mol. The highest BCUT2D eigenvalue weighted by Crippen LogP contribution is 2.27. The second-order valence-electron chi connectivity index (χ2n) is 6.67. The Morgan fingerprint density at radius 2 is 1.86 bits per heavy atom. The minimum absolute atomic E-state index is 0.501. The van der Waals surface area contributed by atoms with Gasteiger partial charge in [0.2, 0.25) is 0 Å². The average molecular weight is 396 g/mol. The summed E-state index contributed by atoms with van der Waals surface area (Å²) in [6.45, 7) is 4.33. The highest BCUT2D eigenvalue weighted by molar-refractivity contribution is 7.99. The van der Waals surface area contributed by atoms with Crippen LogP contribution in [0.25, 0.3) is 16.9 Å². The van der Waals surface area contributed by atoms with E-state index in [4.69, 9.17) is 5.10 Å². The summed E-state index contributed by atoms with van der Waals surface area (Å²) >= 11 is 1.80. The molecule has 0 fully saturated rings. The molecule has 0 aliphatic heterocycles. The number of aliphatic carboxylic acids is 1. The van der Waals surface area contributed by atoms with Crippen LogP contribution < -0.4 is 0 Å². The molecule has 0 saturated carbocycles. The maximum absolute atomic E-state index is 11.3. The van der Waals surface area contributed by atoms with E-state index in [1.165, 1.54) is 4.90 Å². The highest BCUT2D eigenvalue weighted by Gasteiger charge is 2.20. The number of hydrogen-bond acceptors (Lipinski definition) is 4. The molecule has 5 nitrogen and oxygen atoms in total. The number of rotatable bonds is 8. The van der Waals surface area contributed by atoms with Gasteiger partial charge < -0.3 is 5.11 Å². The van der Waals surface area contributed by atoms with Crippen molar-refractivity contribution in [3.05, 3.63) is 66.4 Å². The molecule has 0 aliphatic carbocycles. The van der Waals surface area contributed by atoms with Crippen molar-refractivity contribution in [2.24, 2.45) is 0 Å². The van der Waals surface area contributed by atoms with Crippen molar-refractivity contribution in [2.45, 2.75) is 31.3 Å². The molecule has 2 aromatic carbocycles. The molecule has 0 bridgehead atoms. The number of carboxylic acid groups (broad SMARTS) is 1. The van der Waals surface area contributed by atoms with Gasteiger partial charge in [0.25, 0.3) is 0 Å². The molecule has 6 heteroatoms. The summed E-state index contributed by atoms with van der Waals surface area (Å²) in [5, 5.41) is 14.1. The number of benzene rings is 2. The number of aromatic nitrogens is 2. The Balaban J connectivity index is 1.98. The molecule has 0 radical (unpaired) electrons. The van der Waals surface area contributed by atoms with E-state index < -0.39 is 12.0 Å². The maximum atomic E-state index is 11.3. The molecule has 0 amide bonds. The largest absolute Gasteiger partial charge is 0.480 e. The smallest absolute Gasteiger partial charge is 0.320 e. The van der Waals surface area contributed by atoms with Crippen LogP contribution in [0, 0.1) is 0 Å². The first-order valence-corrected chi connectivity index (χ1v) is 10.3. The molecule has 1 heterocycles. The molecule has 1 N–H and O–H groups in total. The van der Waals surface area contributed by atoms with E-state index in [-0.39, 0.29) is 0 Å². The fourth-order valence-electron chi connectivity index (χ4n) is 2.95. The number of nitrogens with zero attached hydrogens (tertiary/aromatic N) is 3. The standard InChI is InChI=1S/C22H25N3O2S/c1-4-28-20-12-10-17(11-13-20)21-18(14-24(3)16(2)22(26)27)15-25(23-21)19-8-6-5-7-9-19/h5-13,15-16H,4,14H2,1-3H3,(H,26,27). The Bertz CT molecular complexity index is 923. The van der Waals surface area contributed by atoms with Gasteiger partial charge in [-0.05, 0) is 44.0 Å². The third-order valence-corrected chi connectivity index (χ3v) is 5.58. The van der Waals surface area contributed by atoms with Gasteiger partial charge in [-0.15, -0.1) is 11.8 Å². The van der Waals surface area contributed by atoms with Crippen LogP contribution in [0.15, 0.2) is 65.7 Å². The van der Waals surface area contributed by atoms with Crippen LogP contribution >= 0.6 is 11.8 Å². The Kier molecular flexibility index (Phi) is 6.54. The van der Waals surface area contributed by atoms with Gasteiger partial charge in [0.1, 0.15) is 6.04 Å². The molecule has 28 heavy (non-hydrogen) atoms. The monoisotopic (exact) mass is 395 g/mol. The fourth-order valence-corrected chi connectivity index (χ4v) is 3.61. The zero-order chi connectivity index (χ0) is 20.1. The summed E-state index contributed by atoms with van der Waals surface area (Å²) in [5.41, 5.74) is 3.88. The number of carbonyl (C=O) groups is 1. The van der Waals surface area contributed by atoms with Crippen LogP contribution in [0.2, 0.25) is 0 Å². The number of thioether (sulfide) groups is 1. The minimum Gasteiger partial charge on any atom is -0.480 e. The third-order valence-electron chi connectivity index (χ3n) is 4.69. The normalized spacial score (nSPS) is 12.3. The van der Waals surface area contributed by atoms with E-state index in [0.29, 0.717) is 6.54 Å². The number of carboxylic acids is 1. The number of likely N-dealkylation sites (N-methyl/N-ethyl adjacent to an activating group) is 1. The third kappa shape index (κ3) is 4.64. The van der Waals surface area contributed by atoms with Gasteiger partial charge in [0.15, 0.2) is 0 Å². The summed E-state index contributed by atoms with van der Waals surface area (Å²) in [5.74, 6) is 0.200. The summed E-state index contributed by atoms with van der Waals surface area (Å²) in [6, 6.07) is 17.8. The number of para-hydroxylation sites is 1. The van der Waals surface area contributed by atoms with E-state index in [1.54, 1.807) is 18.7 Å². The van der Waals surface area contributed by atoms with Crippen molar-refractivity contribution in [3.63, 3.8) is 0 Å². The quantitative estimate of drug-likeness (QED) is 0.567. The molecule has 1 unspecified atom stereocenters. The fraction of sp³-hybridized carbons (Fsp3) is 0.273. The molecular weight excluding hydrogens is 370 g/mol. The summed E-state index contributed by atoms with van der Waals surface area (Å²) in [7, 11) is 1.82. The van der Waals surface area contributed by atoms with Gasteiger partial charge in [-0.25, -0.2) is 4.68 Å². The van der Waals surface area contributed by atoms with Gasteiger partial charge >= 0.3 is 5.97 Å². The SMILES string of the molecule is CCSc1ccc(-c2nn(-c3ccccc3)cc2CN(C)C(C)C(=O)O)cc1. The van der Waals surface area contributed by atoms with Crippen molar-refractivity contribution in [1.82, 2.24) is 14.7 Å². The first-order valence-electron chi connectivity index (χ1n) is 9.29. The Hall–Kier alpha value is -2.57. The summed E-state index contributed by atoms with van der Waals surface area (Å²) < 4.78 is 1.86. The molecule has 0 aliphatic rings. The average Bonchev–Trinajstić information content (AvgIpc) is 3.12. The highest BCUT2D eigenvalue weighted by atomic mass is 32.2. The van der Waals surface area contributed by atoms with Crippen molar-refractivity contribution < 1.29 is 9.90 Å². The minimum atomic E-state index is -0.833. The number of hydrogen-bond donors (Lipinski definition) is 1. The van der Waals surface area contributed by atoms with E-state index in [9.17, 15) is 9.90 Å². The Morgan fingerprint density at radius 3 is 2.46 bits per heavy atom. The molecule has 1 aromatic heterocycles. The zero-order valence-electron chi connectivity index (χ0n) is 16.4. The van der Waals surface area contributed by atoms with Crippen molar-refractivity contribution in [2.75, 3.05) is 12.8 Å². The molecule has 0 saturated heterocycles. The molecule has 1 atom stereocenters. The first-order chi connectivity index (χ1) is 13.5. The van der Waals surface area contributed by atoms with Crippen LogP contribution in [-0.4, -0.2) is 44.6 Å². The van der Waals surface area contributed by atoms with Crippen LogP contribution in [0.4, 0.5) is 0 Å². The van der Waals surface area contributed by atoms with Crippen molar-refractivity contribution in [3.8, 4) is 16.9 Å². The summed E-state index contributed by atoms with van der Waals surface area (Å²) in [4.78, 5) is 14.4. The lowest BCUT2D eigenvalue weighted by atomic mass is 10.1. The maximum Gasteiger partial charge on any atom is 0.320 e. The van der Waals surface area contributed by atoms with E-state index in [1.807, 2.05) is 53.2 Å². The lowest BCUT2D eigenvalue weighted by molar-refractivity contribution is -0.142. The van der Waals surface area contributed by atoms with E-state index >= 15 is 0 Å². The lowest BCUT2D eigenvalue weighted by Crippen LogP contribution is -2.35. The van der Waals surface area contributed by atoms with Gasteiger partial charge in [0, 0.05) is 28.8 Å². The van der Waals surface area contributed by atoms with Crippen molar-refractivity contribution >= 4 is 17.7 Å². The van der Waals surface area contributed by atoms with Crippen LogP contribution in [-0.2, 0) is 11.3 Å². The molecular formula is C22H25N3O2S. The van der Waals surface area contributed by atoms with E-state index in [2.05, 4.69) is 31.2 Å². The van der Waals surface area contributed by atoms with Gasteiger partial charge in [0.05, 0.1) is 11.4 Å². The molecule has 3 rings (SSSR count). The van der Waals surface area contributed by atoms with Gasteiger partial charge in [-0.2, -0.15) is 5.10 Å². The van der Waals surface area contributed by atoms with Gasteiger partial charge in [-0.1, -0.05) is 37.3 Å². The van der Waals surface area contributed by atoms with Gasteiger partial charge in [-0.3, -0.25) is 9.69 Å². The van der Waals surface area contributed by atoms with E-state index in [0.717, 1.165) is 28.3 Å². The second-order valence-corrected chi connectivity index (χ2v) is 8.01. The summed E-state index contributed by atoms with van der Waals surface area (Å²) in [6.07, 6.45) is 1.99. The van der Waals surface area contributed by atoms with Crippen LogP contribution in [0.3, 0.4) is 0 Å². The first kappa shape index (κ1) is 20.2. The van der Waals surface area contributed by atoms with Crippen molar-refractivity contribution in [1.29, 1.82) is 0 Å². The Morgan fingerprint density at radius 1 is 1.18 bits per heavy atom.